The maximum atomic E-state index is 11.3. The van der Waals surface area contributed by atoms with E-state index in [9.17, 15) is 15.0 Å². The van der Waals surface area contributed by atoms with Crippen LogP contribution in [0.4, 0.5) is 5.82 Å². The average molecular weight is 278 g/mol. The molecule has 0 atom stereocenters. The van der Waals surface area contributed by atoms with E-state index in [4.69, 9.17) is 0 Å². The number of aromatic nitrogens is 1. The number of aromatic carboxylic acids is 1. The number of aliphatic hydroxyl groups excluding tert-OH is 1. The third kappa shape index (κ3) is 3.28. The van der Waals surface area contributed by atoms with Crippen LogP contribution in [-0.2, 0) is 5.41 Å². The van der Waals surface area contributed by atoms with Crippen molar-refractivity contribution in [2.45, 2.75) is 45.1 Å². The summed E-state index contributed by atoms with van der Waals surface area (Å²) in [5, 5.41) is 18.5. The summed E-state index contributed by atoms with van der Waals surface area (Å²) in [6.07, 6.45) is 2.15. The van der Waals surface area contributed by atoms with E-state index >= 15 is 0 Å². The number of carbonyl (C=O) groups is 1. The SMILES string of the molecule is CC(C)(C)c1cc(C(=O)O)cc(N(CCO)C2CC2)n1. The minimum absolute atomic E-state index is 0.0420. The maximum Gasteiger partial charge on any atom is 0.335 e. The normalized spacial score (nSPS) is 15.2. The molecule has 110 valence electrons. The summed E-state index contributed by atoms with van der Waals surface area (Å²) in [6.45, 7) is 6.57. The Hall–Kier alpha value is -1.62. The molecule has 1 aromatic rings. The molecule has 1 fully saturated rings. The third-order valence-electron chi connectivity index (χ3n) is 3.45. The number of hydrogen-bond donors (Lipinski definition) is 2. The van der Waals surface area contributed by atoms with Crippen LogP contribution in [0, 0.1) is 0 Å². The Balaban J connectivity index is 2.45. The van der Waals surface area contributed by atoms with Crippen LogP contribution in [0.15, 0.2) is 12.1 Å². The minimum atomic E-state index is -0.945. The number of carboxylic acid groups (broad SMARTS) is 1. The average Bonchev–Trinajstić information content (AvgIpc) is 3.18. The Morgan fingerprint density at radius 2 is 2.05 bits per heavy atom. The zero-order valence-electron chi connectivity index (χ0n) is 12.3. The lowest BCUT2D eigenvalue weighted by atomic mass is 9.90. The molecule has 0 radical (unpaired) electrons. The van der Waals surface area contributed by atoms with Gasteiger partial charge in [0, 0.05) is 23.7 Å². The number of carboxylic acids is 1. The molecule has 1 saturated carbocycles. The number of pyridine rings is 1. The molecule has 0 bridgehead atoms. The fraction of sp³-hybridized carbons (Fsp3) is 0.600. The van der Waals surface area contributed by atoms with E-state index in [1.165, 1.54) is 0 Å². The molecule has 1 aliphatic carbocycles. The van der Waals surface area contributed by atoms with Gasteiger partial charge in [0.25, 0.3) is 0 Å². The Morgan fingerprint density at radius 1 is 1.40 bits per heavy atom. The first-order valence-electron chi connectivity index (χ1n) is 6.96. The predicted octanol–water partition coefficient (Wildman–Crippen LogP) is 2.04. The molecule has 0 unspecified atom stereocenters. The van der Waals surface area contributed by atoms with Crippen LogP contribution in [0.5, 0.6) is 0 Å². The molecule has 0 aliphatic heterocycles. The summed E-state index contributed by atoms with van der Waals surface area (Å²) in [6, 6.07) is 3.62. The summed E-state index contributed by atoms with van der Waals surface area (Å²) in [5.41, 5.74) is 0.800. The quantitative estimate of drug-likeness (QED) is 0.862. The van der Waals surface area contributed by atoms with Gasteiger partial charge in [-0.05, 0) is 25.0 Å². The summed E-state index contributed by atoms with van der Waals surface area (Å²) < 4.78 is 0. The monoisotopic (exact) mass is 278 g/mol. The summed E-state index contributed by atoms with van der Waals surface area (Å²) in [5.74, 6) is -0.287. The first kappa shape index (κ1) is 14.8. The largest absolute Gasteiger partial charge is 0.478 e. The van der Waals surface area contributed by atoms with Gasteiger partial charge in [0.15, 0.2) is 0 Å². The van der Waals surface area contributed by atoms with Gasteiger partial charge >= 0.3 is 5.97 Å². The van der Waals surface area contributed by atoms with Gasteiger partial charge in [0.1, 0.15) is 5.82 Å². The maximum absolute atomic E-state index is 11.3. The number of hydrogen-bond acceptors (Lipinski definition) is 4. The fourth-order valence-electron chi connectivity index (χ4n) is 2.15. The van der Waals surface area contributed by atoms with E-state index in [1.807, 2.05) is 25.7 Å². The fourth-order valence-corrected chi connectivity index (χ4v) is 2.15. The van der Waals surface area contributed by atoms with Crippen molar-refractivity contribution in [1.82, 2.24) is 4.98 Å². The molecule has 2 rings (SSSR count). The zero-order chi connectivity index (χ0) is 14.9. The molecule has 1 aromatic heterocycles. The van der Waals surface area contributed by atoms with E-state index in [0.29, 0.717) is 18.4 Å². The number of rotatable bonds is 5. The first-order chi connectivity index (χ1) is 9.32. The second kappa shape index (κ2) is 5.40. The van der Waals surface area contributed by atoms with Gasteiger partial charge in [-0.1, -0.05) is 20.8 Å². The molecule has 0 saturated heterocycles. The summed E-state index contributed by atoms with van der Waals surface area (Å²) in [4.78, 5) is 17.9. The van der Waals surface area contributed by atoms with Crippen LogP contribution in [0.1, 0.15) is 49.7 Å². The van der Waals surface area contributed by atoms with Crippen LogP contribution < -0.4 is 4.90 Å². The van der Waals surface area contributed by atoms with Crippen LogP contribution >= 0.6 is 0 Å². The van der Waals surface area contributed by atoms with Crippen molar-refractivity contribution in [3.63, 3.8) is 0 Å². The summed E-state index contributed by atoms with van der Waals surface area (Å²) >= 11 is 0. The molecular weight excluding hydrogens is 256 g/mol. The lowest BCUT2D eigenvalue weighted by Crippen LogP contribution is -2.31. The van der Waals surface area contributed by atoms with Crippen molar-refractivity contribution >= 4 is 11.8 Å². The van der Waals surface area contributed by atoms with Crippen molar-refractivity contribution in [3.8, 4) is 0 Å². The van der Waals surface area contributed by atoms with E-state index in [1.54, 1.807) is 12.1 Å². The molecular formula is C15H22N2O3. The van der Waals surface area contributed by atoms with Gasteiger partial charge in [-0.2, -0.15) is 0 Å². The number of anilines is 1. The van der Waals surface area contributed by atoms with Crippen LogP contribution in [0.25, 0.3) is 0 Å². The predicted molar refractivity (Wildman–Crippen MR) is 77.4 cm³/mol. The van der Waals surface area contributed by atoms with E-state index in [2.05, 4.69) is 4.98 Å². The number of aliphatic hydroxyl groups is 1. The van der Waals surface area contributed by atoms with Crippen LogP contribution in [0.2, 0.25) is 0 Å². The molecule has 2 N–H and O–H groups in total. The summed E-state index contributed by atoms with van der Waals surface area (Å²) in [7, 11) is 0. The highest BCUT2D eigenvalue weighted by atomic mass is 16.4. The van der Waals surface area contributed by atoms with E-state index < -0.39 is 5.97 Å². The minimum Gasteiger partial charge on any atom is -0.478 e. The van der Waals surface area contributed by atoms with Gasteiger partial charge in [0.05, 0.1) is 12.2 Å². The van der Waals surface area contributed by atoms with Gasteiger partial charge < -0.3 is 15.1 Å². The molecule has 5 nitrogen and oxygen atoms in total. The van der Waals surface area contributed by atoms with Crippen molar-refractivity contribution in [1.29, 1.82) is 0 Å². The molecule has 0 aromatic carbocycles. The molecule has 1 heterocycles. The third-order valence-corrected chi connectivity index (χ3v) is 3.45. The Bertz CT molecular complexity index is 504. The van der Waals surface area contributed by atoms with Gasteiger partial charge in [-0.3, -0.25) is 0 Å². The molecule has 0 spiro atoms. The van der Waals surface area contributed by atoms with Crippen molar-refractivity contribution < 1.29 is 15.0 Å². The second-order valence-electron chi connectivity index (χ2n) is 6.30. The van der Waals surface area contributed by atoms with Crippen molar-refractivity contribution in [2.24, 2.45) is 0 Å². The molecule has 0 amide bonds. The second-order valence-corrected chi connectivity index (χ2v) is 6.30. The van der Waals surface area contributed by atoms with E-state index in [-0.39, 0.29) is 17.6 Å². The zero-order valence-corrected chi connectivity index (χ0v) is 12.3. The van der Waals surface area contributed by atoms with Crippen molar-refractivity contribution in [3.05, 3.63) is 23.4 Å². The number of nitrogens with zero attached hydrogens (tertiary/aromatic N) is 2. The van der Waals surface area contributed by atoms with Gasteiger partial charge in [-0.25, -0.2) is 9.78 Å². The lowest BCUT2D eigenvalue weighted by molar-refractivity contribution is 0.0696. The highest BCUT2D eigenvalue weighted by Crippen LogP contribution is 2.32. The topological polar surface area (TPSA) is 73.7 Å². The Labute approximate surface area is 119 Å². The van der Waals surface area contributed by atoms with Crippen LogP contribution in [0.3, 0.4) is 0 Å². The highest BCUT2D eigenvalue weighted by molar-refractivity contribution is 5.88. The first-order valence-corrected chi connectivity index (χ1v) is 6.96. The highest BCUT2D eigenvalue weighted by Gasteiger charge is 2.31. The molecule has 20 heavy (non-hydrogen) atoms. The molecule has 1 aliphatic rings. The standard InChI is InChI=1S/C15H22N2O3/c1-15(2,3)12-8-10(14(19)20)9-13(16-12)17(6-7-18)11-4-5-11/h8-9,11,18H,4-7H2,1-3H3,(H,19,20). The van der Waals surface area contributed by atoms with Gasteiger partial charge in [0.2, 0.25) is 0 Å². The lowest BCUT2D eigenvalue weighted by Gasteiger charge is -2.26. The molecule has 5 heteroatoms. The van der Waals surface area contributed by atoms with Crippen molar-refractivity contribution in [2.75, 3.05) is 18.1 Å². The smallest absolute Gasteiger partial charge is 0.335 e. The van der Waals surface area contributed by atoms with E-state index in [0.717, 1.165) is 18.5 Å². The Kier molecular flexibility index (Phi) is 3.99. The van der Waals surface area contributed by atoms with Gasteiger partial charge in [-0.15, -0.1) is 0 Å². The Morgan fingerprint density at radius 3 is 2.50 bits per heavy atom. The van der Waals surface area contributed by atoms with Crippen LogP contribution in [-0.4, -0.2) is 40.4 Å².